The highest BCUT2D eigenvalue weighted by Gasteiger charge is 2.06. The minimum atomic E-state index is -0.137. The molecule has 1 atom stereocenters. The van der Waals surface area contributed by atoms with Crippen molar-refractivity contribution in [3.8, 4) is 5.88 Å². The maximum absolute atomic E-state index is 12.0. The van der Waals surface area contributed by atoms with Crippen molar-refractivity contribution in [1.29, 1.82) is 0 Å². The maximum Gasteiger partial charge on any atom is 0.274 e. The Labute approximate surface area is 143 Å². The molecule has 0 amide bonds. The molecule has 2 aromatic heterocycles. The van der Waals surface area contributed by atoms with Crippen molar-refractivity contribution >= 4 is 39.8 Å². The van der Waals surface area contributed by atoms with Crippen molar-refractivity contribution < 1.29 is 4.74 Å². The minimum absolute atomic E-state index is 0. The van der Waals surface area contributed by atoms with Gasteiger partial charge in [-0.25, -0.2) is 0 Å². The van der Waals surface area contributed by atoms with Crippen molar-refractivity contribution in [2.24, 2.45) is 12.8 Å². The molecule has 2 rings (SSSR count). The van der Waals surface area contributed by atoms with Crippen molar-refractivity contribution in [2.45, 2.75) is 13.0 Å². The minimum Gasteiger partial charge on any atom is -0.476 e. The zero-order chi connectivity index (χ0) is 15.4. The molecule has 0 radical (unpaired) electrons. The summed E-state index contributed by atoms with van der Waals surface area (Å²) in [5.41, 5.74) is 5.93. The van der Waals surface area contributed by atoms with Gasteiger partial charge in [0.1, 0.15) is 18.1 Å². The van der Waals surface area contributed by atoms with Crippen LogP contribution in [0.15, 0.2) is 39.7 Å². The number of aromatic nitrogens is 2. The predicted molar refractivity (Wildman–Crippen MR) is 93.3 cm³/mol. The first-order chi connectivity index (χ1) is 9.95. The van der Waals surface area contributed by atoms with E-state index in [0.29, 0.717) is 24.0 Å². The molecule has 120 valence electrons. The van der Waals surface area contributed by atoms with Crippen LogP contribution < -0.4 is 21.3 Å². The average molecular weight is 390 g/mol. The van der Waals surface area contributed by atoms with E-state index >= 15 is 0 Å². The Morgan fingerprint density at radius 3 is 2.91 bits per heavy atom. The molecule has 0 spiro atoms. The van der Waals surface area contributed by atoms with Gasteiger partial charge in [-0.15, -0.1) is 12.4 Å². The molecule has 0 unspecified atom stereocenters. The fourth-order valence-corrected chi connectivity index (χ4v) is 2.22. The average Bonchev–Trinajstić information content (AvgIpc) is 2.42. The third kappa shape index (κ3) is 5.01. The molecule has 2 heterocycles. The van der Waals surface area contributed by atoms with Gasteiger partial charge in [0.05, 0.1) is 0 Å². The summed E-state index contributed by atoms with van der Waals surface area (Å²) in [5.74, 6) is 0.997. The second kappa shape index (κ2) is 8.17. The first-order valence-corrected chi connectivity index (χ1v) is 7.23. The summed E-state index contributed by atoms with van der Waals surface area (Å²) in [5, 5.41) is 3.00. The number of ether oxygens (including phenoxy) is 1. The van der Waals surface area contributed by atoms with Gasteiger partial charge in [0.15, 0.2) is 0 Å². The van der Waals surface area contributed by atoms with Gasteiger partial charge < -0.3 is 20.4 Å². The molecule has 0 aliphatic carbocycles. The van der Waals surface area contributed by atoms with Crippen LogP contribution in [-0.4, -0.2) is 22.2 Å². The van der Waals surface area contributed by atoms with E-state index in [2.05, 4.69) is 26.2 Å². The van der Waals surface area contributed by atoms with Crippen LogP contribution in [0.2, 0.25) is 0 Å². The van der Waals surface area contributed by atoms with E-state index in [0.717, 1.165) is 4.47 Å². The molecule has 0 saturated carbocycles. The molecule has 22 heavy (non-hydrogen) atoms. The smallest absolute Gasteiger partial charge is 0.274 e. The summed E-state index contributed by atoms with van der Waals surface area (Å²) in [6.45, 7) is 2.24. The second-order valence-electron chi connectivity index (χ2n) is 4.76. The molecule has 6 nitrogen and oxygen atoms in total. The molecule has 0 aromatic carbocycles. The van der Waals surface area contributed by atoms with Gasteiger partial charge in [0.25, 0.3) is 5.56 Å². The first-order valence-electron chi connectivity index (χ1n) is 6.44. The predicted octanol–water partition coefficient (Wildman–Crippen LogP) is 2.43. The van der Waals surface area contributed by atoms with Gasteiger partial charge in [-0.1, -0.05) is 6.07 Å². The zero-order valence-corrected chi connectivity index (χ0v) is 14.6. The quantitative estimate of drug-likeness (QED) is 0.821. The van der Waals surface area contributed by atoms with Crippen LogP contribution >= 0.6 is 28.3 Å². The Morgan fingerprint density at radius 1 is 1.50 bits per heavy atom. The lowest BCUT2D eigenvalue weighted by molar-refractivity contribution is 0.286. The summed E-state index contributed by atoms with van der Waals surface area (Å²) in [4.78, 5) is 16.3. The first kappa shape index (κ1) is 18.5. The molecule has 0 aliphatic heterocycles. The number of nitrogens with zero attached hydrogens (tertiary/aromatic N) is 2. The van der Waals surface area contributed by atoms with Crippen LogP contribution in [0.1, 0.15) is 6.92 Å². The number of anilines is 2. The van der Waals surface area contributed by atoms with Crippen LogP contribution in [-0.2, 0) is 7.05 Å². The van der Waals surface area contributed by atoms with E-state index in [-0.39, 0.29) is 24.0 Å². The molecule has 0 aliphatic rings. The topological polar surface area (TPSA) is 82.2 Å². The highest BCUT2D eigenvalue weighted by atomic mass is 79.9. The molecule has 0 bridgehead atoms. The maximum atomic E-state index is 12.0. The van der Waals surface area contributed by atoms with Crippen LogP contribution in [0.25, 0.3) is 0 Å². The number of nitrogens with one attached hydrogen (secondary N) is 1. The molecule has 3 N–H and O–H groups in total. The van der Waals surface area contributed by atoms with E-state index in [1.165, 1.54) is 4.57 Å². The highest BCUT2D eigenvalue weighted by Crippen LogP contribution is 2.17. The Bertz CT molecular complexity index is 691. The summed E-state index contributed by atoms with van der Waals surface area (Å²) in [7, 11) is 1.69. The van der Waals surface area contributed by atoms with E-state index in [4.69, 9.17) is 10.5 Å². The van der Waals surface area contributed by atoms with Gasteiger partial charge in [-0.3, -0.25) is 4.79 Å². The van der Waals surface area contributed by atoms with Gasteiger partial charge in [0, 0.05) is 29.8 Å². The Kier molecular flexibility index (Phi) is 6.86. The van der Waals surface area contributed by atoms with E-state index < -0.39 is 0 Å². The lowest BCUT2D eigenvalue weighted by atomic mass is 10.3. The SMILES string of the molecule is C[C@H](N)COc1cccc(Nc2cc(Br)cn(C)c2=O)n1.Cl. The lowest BCUT2D eigenvalue weighted by Gasteiger charge is -2.10. The normalized spacial score (nSPS) is 11.5. The van der Waals surface area contributed by atoms with Gasteiger partial charge in [-0.2, -0.15) is 4.98 Å². The zero-order valence-electron chi connectivity index (χ0n) is 12.2. The van der Waals surface area contributed by atoms with Crippen LogP contribution in [0, 0.1) is 0 Å². The number of aryl methyl sites for hydroxylation is 1. The van der Waals surface area contributed by atoms with Crippen molar-refractivity contribution in [3.05, 3.63) is 45.3 Å². The molecule has 8 heteroatoms. The second-order valence-corrected chi connectivity index (χ2v) is 5.68. The Balaban J connectivity index is 0.00000242. The number of halogens is 2. The third-order valence-corrected chi connectivity index (χ3v) is 3.06. The summed E-state index contributed by atoms with van der Waals surface area (Å²) in [6.07, 6.45) is 1.70. The molecule has 0 saturated heterocycles. The standard InChI is InChI=1S/C14H17BrN4O2.ClH/c1-9(16)8-21-13-5-3-4-12(18-13)17-11-6-10(15)7-19(2)14(11)20;/h3-7,9H,8,16H2,1-2H3,(H,17,18);1H/t9-;/m0./s1. The van der Waals surface area contributed by atoms with E-state index in [9.17, 15) is 4.79 Å². The molecular weight excluding hydrogens is 372 g/mol. The van der Waals surface area contributed by atoms with Gasteiger partial charge >= 0.3 is 0 Å². The number of pyridine rings is 2. The van der Waals surface area contributed by atoms with Crippen LogP contribution in [0.5, 0.6) is 5.88 Å². The van der Waals surface area contributed by atoms with Gasteiger partial charge in [-0.05, 0) is 35.0 Å². The summed E-state index contributed by atoms with van der Waals surface area (Å²) in [6, 6.07) is 6.94. The third-order valence-electron chi connectivity index (χ3n) is 2.63. The fraction of sp³-hybridized carbons (Fsp3) is 0.286. The number of rotatable bonds is 5. The molecule has 0 fully saturated rings. The monoisotopic (exact) mass is 388 g/mol. The molecular formula is C14H18BrClN4O2. The lowest BCUT2D eigenvalue weighted by Crippen LogP contribution is -2.24. The van der Waals surface area contributed by atoms with Gasteiger partial charge in [0.2, 0.25) is 5.88 Å². The van der Waals surface area contributed by atoms with Crippen molar-refractivity contribution in [1.82, 2.24) is 9.55 Å². The largest absolute Gasteiger partial charge is 0.476 e. The number of hydrogen-bond donors (Lipinski definition) is 2. The van der Waals surface area contributed by atoms with Crippen LogP contribution in [0.4, 0.5) is 11.5 Å². The van der Waals surface area contributed by atoms with E-state index in [1.807, 2.05) is 6.92 Å². The van der Waals surface area contributed by atoms with Crippen molar-refractivity contribution in [3.63, 3.8) is 0 Å². The van der Waals surface area contributed by atoms with Crippen LogP contribution in [0.3, 0.4) is 0 Å². The summed E-state index contributed by atoms with van der Waals surface area (Å²) < 4.78 is 7.75. The van der Waals surface area contributed by atoms with E-state index in [1.54, 1.807) is 37.5 Å². The molecule has 2 aromatic rings. The fourth-order valence-electron chi connectivity index (χ4n) is 1.68. The highest BCUT2D eigenvalue weighted by molar-refractivity contribution is 9.10. The Hall–Kier alpha value is -1.57. The Morgan fingerprint density at radius 2 is 2.23 bits per heavy atom. The summed E-state index contributed by atoms with van der Waals surface area (Å²) >= 11 is 3.36. The van der Waals surface area contributed by atoms with Crippen molar-refractivity contribution in [2.75, 3.05) is 11.9 Å². The number of nitrogens with two attached hydrogens (primary N) is 1. The number of hydrogen-bond acceptors (Lipinski definition) is 5.